The lowest BCUT2D eigenvalue weighted by Gasteiger charge is -2.34. The van der Waals surface area contributed by atoms with Crippen molar-refractivity contribution in [1.29, 1.82) is 0 Å². The van der Waals surface area contributed by atoms with Crippen LogP contribution in [0.5, 0.6) is 0 Å². The number of esters is 1. The van der Waals surface area contributed by atoms with Crippen LogP contribution in [0.2, 0.25) is 0 Å². The second-order valence-electron chi connectivity index (χ2n) is 42.4. The first kappa shape index (κ1) is 107. The van der Waals surface area contributed by atoms with Gasteiger partial charge >= 0.3 is 12.1 Å². The van der Waals surface area contributed by atoms with Gasteiger partial charge < -0.3 is 127 Å². The van der Waals surface area contributed by atoms with Gasteiger partial charge in [0.15, 0.2) is 34.7 Å². The zero-order chi connectivity index (χ0) is 106. The molecule has 12 saturated heterocycles. The molecule has 0 aliphatic carbocycles. The lowest BCUT2D eigenvalue weighted by molar-refractivity contribution is -0.193. The van der Waals surface area contributed by atoms with Crippen LogP contribution in [0.25, 0.3) is 0 Å². The second-order valence-corrected chi connectivity index (χ2v) is 42.4. The van der Waals surface area contributed by atoms with E-state index in [0.29, 0.717) is 36.4 Å². The first-order valence-corrected chi connectivity index (χ1v) is 48.3. The Morgan fingerprint density at radius 3 is 0.592 bits per heavy atom. The van der Waals surface area contributed by atoms with E-state index >= 15 is 59.1 Å². The van der Waals surface area contributed by atoms with Gasteiger partial charge in [-0.3, -0.25) is 28.8 Å². The summed E-state index contributed by atoms with van der Waals surface area (Å²) in [6, 6.07) is 5.43. The largest absolute Gasteiger partial charge is 0.469 e. The molecule has 12 heterocycles. The number of alkyl carbamates (subject to hydrolysis) is 1. The van der Waals surface area contributed by atoms with Gasteiger partial charge in [0.2, 0.25) is 29.5 Å². The number of carbonyl (C=O) groups is 7. The number of methoxy groups -OCH3 is 1. The number of carbonyl (C=O) groups excluding carboxylic acids is 7. The fourth-order valence-corrected chi connectivity index (χ4v) is 22.2. The molecule has 0 saturated carbocycles. The number of hydrogen-bond acceptors (Lipinski definition) is 27. The quantitative estimate of drug-likeness (QED) is 0.0180. The Morgan fingerprint density at radius 2 is 0.429 bits per heavy atom. The standard InChI is InChI=1S/C102H114F12N6O27/c1-96(2,3)147-95(127)120-63(81-93-87(139-101(12,13)145-93)75(133-81)51-27-21-45(107)33-57(51)113)39-69(125)118-61(79-91-85(137-99(8,9)143-91)73(131-79)49-25-19-43(105)31-55(49)111)37-67(123)116-59(77-89-83(135-97(4,5)141-89)71(129-77)47-23-17-41(103)29-53(47)109)35-65(121)115-60(78-90-84(136-98(6,7)142-90)72(130-78)48-24-18-42(104)30-54(48)110)36-66(122)117-62(80-92-86(138-100(10,11)144-92)74(132-80)50-26-20-44(106)32-56(50)112)38-68(124)119-64(40-70(126)128-16)82-94-88(140-102(14,15)146-94)76(134-82)52-28-22-46(108)34-58(52)114/h17-34,59-64,71-94H,35-40H2,1-16H3,(H,115,121)(H,116,123)(H,117,122)(H,118,125)(H,119,124)(H,120,127)/t59-,60+,61+,62-,63-,64+,71+,72+,73+,74+,75+,76+,77-,78-,79-,80-,81-,82-,83-,84-,85-,86-,87-,88-,89+,90+,91+,92+,93+,94+/m1/s1. The first-order valence-electron chi connectivity index (χ1n) is 48.3. The lowest BCUT2D eigenvalue weighted by atomic mass is 9.94. The summed E-state index contributed by atoms with van der Waals surface area (Å²) in [4.78, 5) is 108. The fraction of sp³-hybridized carbons (Fsp3) is 0.578. The second kappa shape index (κ2) is 40.5. The van der Waals surface area contributed by atoms with Crippen molar-refractivity contribution >= 4 is 41.6 Å². The summed E-state index contributed by atoms with van der Waals surface area (Å²) < 4.78 is 315. The van der Waals surface area contributed by atoms with Crippen LogP contribution >= 0.6 is 0 Å². The van der Waals surface area contributed by atoms with Crippen molar-refractivity contribution in [2.24, 2.45) is 0 Å². The average Bonchev–Trinajstić information content (AvgIpc) is 1.61. The third-order valence-corrected chi connectivity index (χ3v) is 27.6. The molecule has 6 aromatic carbocycles. The van der Waals surface area contributed by atoms with Crippen molar-refractivity contribution in [3.63, 3.8) is 0 Å². The summed E-state index contributed by atoms with van der Waals surface area (Å²) in [5.74, 6) is -28.2. The molecule has 30 atom stereocenters. The first-order chi connectivity index (χ1) is 69.0. The molecule has 0 unspecified atom stereocenters. The van der Waals surface area contributed by atoms with E-state index in [2.05, 4.69) is 31.9 Å². The van der Waals surface area contributed by atoms with Crippen LogP contribution in [0, 0.1) is 69.8 Å². The van der Waals surface area contributed by atoms with Crippen LogP contribution in [-0.2, 0) is 124 Å². The predicted molar refractivity (Wildman–Crippen MR) is 479 cm³/mol. The van der Waals surface area contributed by atoms with Crippen LogP contribution < -0.4 is 31.9 Å². The number of rotatable bonds is 30. The maximum absolute atomic E-state index is 16.6. The van der Waals surface area contributed by atoms with Crippen molar-refractivity contribution in [1.82, 2.24) is 31.9 Å². The molecule has 0 aromatic heterocycles. The molecule has 33 nitrogen and oxygen atoms in total. The lowest BCUT2D eigenvalue weighted by Crippen LogP contribution is -2.57. The summed E-state index contributed by atoms with van der Waals surface area (Å²) >= 11 is 0. The Bertz CT molecular complexity index is 5920. The fourth-order valence-electron chi connectivity index (χ4n) is 22.2. The van der Waals surface area contributed by atoms with Gasteiger partial charge in [-0.15, -0.1) is 0 Å². The summed E-state index contributed by atoms with van der Waals surface area (Å²) in [6.45, 7) is 22.7. The number of ether oxygens (including phenoxy) is 20. The van der Waals surface area contributed by atoms with Crippen LogP contribution in [0.3, 0.4) is 0 Å². The van der Waals surface area contributed by atoms with Crippen LogP contribution in [-0.4, -0.2) is 235 Å². The molecule has 45 heteroatoms. The summed E-state index contributed by atoms with van der Waals surface area (Å²) in [6.07, 6.45) is -41.3. The van der Waals surface area contributed by atoms with Crippen LogP contribution in [0.4, 0.5) is 57.5 Å². The molecule has 6 amide bonds. The monoisotopic (exact) mass is 2080 g/mol. The predicted octanol–water partition coefficient (Wildman–Crippen LogP) is 12.4. The number of fused-ring (bicyclic) bond motifs is 6. The highest BCUT2D eigenvalue weighted by Crippen LogP contribution is 2.55. The minimum absolute atomic E-state index is 0.192. The van der Waals surface area contributed by atoms with E-state index in [1.165, 1.54) is 83.1 Å². The third kappa shape index (κ3) is 22.8. The molecule has 0 spiro atoms. The van der Waals surface area contributed by atoms with Gasteiger partial charge in [-0.25, -0.2) is 57.5 Å². The number of nitrogens with one attached hydrogen (secondary N) is 6. The molecule has 6 N–H and O–H groups in total. The van der Waals surface area contributed by atoms with E-state index in [4.69, 9.17) is 94.7 Å². The van der Waals surface area contributed by atoms with E-state index in [0.717, 1.165) is 79.9 Å². The molecule has 12 aliphatic heterocycles. The van der Waals surface area contributed by atoms with Gasteiger partial charge in [-0.05, 0) is 140 Å². The van der Waals surface area contributed by atoms with E-state index in [9.17, 15) is 27.2 Å². The van der Waals surface area contributed by atoms with Gasteiger partial charge in [0, 0.05) is 102 Å². The molecule has 18 rings (SSSR count). The molecule has 12 aliphatic rings. The Labute approximate surface area is 835 Å². The molecular weight excluding hydrogens is 1970 g/mol. The number of amides is 6. The molecular formula is C102H114F12N6O27. The maximum Gasteiger partial charge on any atom is 0.407 e. The van der Waals surface area contributed by atoms with Gasteiger partial charge in [-0.2, -0.15) is 0 Å². The van der Waals surface area contributed by atoms with E-state index in [1.54, 1.807) is 20.8 Å². The van der Waals surface area contributed by atoms with Crippen molar-refractivity contribution in [2.45, 2.75) is 365 Å². The zero-order valence-corrected chi connectivity index (χ0v) is 82.5. The van der Waals surface area contributed by atoms with Crippen LogP contribution in [0.1, 0.15) is 212 Å². The van der Waals surface area contributed by atoms with Crippen LogP contribution in [0.15, 0.2) is 109 Å². The highest BCUT2D eigenvalue weighted by Gasteiger charge is 2.67. The molecule has 147 heavy (non-hydrogen) atoms. The molecule has 798 valence electrons. The minimum Gasteiger partial charge on any atom is -0.469 e. The van der Waals surface area contributed by atoms with E-state index in [-0.39, 0.29) is 33.4 Å². The number of benzene rings is 6. The minimum atomic E-state index is -1.86. The molecule has 12 fully saturated rings. The van der Waals surface area contributed by atoms with Gasteiger partial charge in [0.25, 0.3) is 0 Å². The summed E-state index contributed by atoms with van der Waals surface area (Å²) in [7, 11) is 1.05. The molecule has 0 bridgehead atoms. The highest BCUT2D eigenvalue weighted by molar-refractivity contribution is 5.84. The topological polar surface area (TPSA) is 376 Å². The zero-order valence-electron chi connectivity index (χ0n) is 82.5. The van der Waals surface area contributed by atoms with E-state index < -0.39 is 373 Å². The third-order valence-electron chi connectivity index (χ3n) is 27.6. The Morgan fingerprint density at radius 1 is 0.265 bits per heavy atom. The summed E-state index contributed by atoms with van der Waals surface area (Å²) in [5.41, 5.74) is -2.78. The molecule has 0 radical (unpaired) electrons. The smallest absolute Gasteiger partial charge is 0.407 e. The van der Waals surface area contributed by atoms with Crippen molar-refractivity contribution < 1.29 is 181 Å². The average molecular weight is 2080 g/mol. The Balaban J connectivity index is 0.710. The van der Waals surface area contributed by atoms with Gasteiger partial charge in [-0.1, -0.05) is 36.4 Å². The molecule has 6 aromatic rings. The number of hydrogen-bond donors (Lipinski definition) is 6. The van der Waals surface area contributed by atoms with Gasteiger partial charge in [0.1, 0.15) is 222 Å². The summed E-state index contributed by atoms with van der Waals surface area (Å²) in [5, 5.41) is 16.9. The van der Waals surface area contributed by atoms with Gasteiger partial charge in [0.05, 0.1) is 49.8 Å². The van der Waals surface area contributed by atoms with Crippen molar-refractivity contribution in [2.75, 3.05) is 7.11 Å². The van der Waals surface area contributed by atoms with E-state index in [1.807, 2.05) is 0 Å². The Hall–Kier alpha value is -10.2. The Kier molecular flexibility index (Phi) is 29.4. The SMILES string of the molecule is COC(=O)C[C@H](NC(=O)C[C@@H](NC(=O)C[C@H](NC(=O)C[C@@H](NC(=O)C[C@H](NC(=O)C[C@@H](NC(=O)OC(C)(C)C)[C@H]1O[C@@H](c2ccc(F)cc2F)[C@H]2OC(C)(C)O[C@@H]12)[C@H]1O[C@@H](c2ccc(F)cc2F)[C@H]2OC(C)(C)O[C@@H]12)[C@H]1O[C@@H](c2ccc(F)cc2F)[C@H]2OC(C)(C)O[C@@H]12)[C@H]1O[C@@H](c2ccc(F)cc2F)[C@H]2OC(C)(C)O[C@@H]12)[C@H]1O[C@@H](c2ccc(F)cc2F)[C@H]2OC(C)(C)O[C@@H]12)[C@H]1O[C@@H](c2ccc(F)cc2F)[C@H]2OC(C)(C)O[C@@H]12. The maximum atomic E-state index is 16.6. The number of halogens is 12. The normalized spacial score (nSPS) is 32.7. The van der Waals surface area contributed by atoms with Crippen molar-refractivity contribution in [3.05, 3.63) is 212 Å². The van der Waals surface area contributed by atoms with Crippen molar-refractivity contribution in [3.8, 4) is 0 Å². The highest BCUT2D eigenvalue weighted by atomic mass is 19.2.